The van der Waals surface area contributed by atoms with Crippen molar-refractivity contribution >= 4 is 57.5 Å². The Morgan fingerprint density at radius 3 is 1.94 bits per heavy atom. The Bertz CT molecular complexity index is 2620. The number of hydrogen-bond acceptors (Lipinski definition) is 16. The summed E-state index contributed by atoms with van der Waals surface area (Å²) in [5, 5.41) is 13.1. The Balaban J connectivity index is 0.659. The third-order valence-electron chi connectivity index (χ3n) is 12.8. The molecule has 19 nitrogen and oxygen atoms in total. The summed E-state index contributed by atoms with van der Waals surface area (Å²) in [6, 6.07) is 17.3. The first-order valence-corrected chi connectivity index (χ1v) is 25.0. The molecule has 0 unspecified atom stereocenters. The number of fused-ring (bicyclic) bond motifs is 1. The van der Waals surface area contributed by atoms with Crippen LogP contribution in [0.25, 0.3) is 11.0 Å². The zero-order valence-corrected chi connectivity index (χ0v) is 42.1. The first-order valence-electron chi connectivity index (χ1n) is 25.0. The summed E-state index contributed by atoms with van der Waals surface area (Å²) in [5.41, 5.74) is 6.40. The van der Waals surface area contributed by atoms with Crippen LogP contribution in [0.2, 0.25) is 0 Å². The molecular weight excluding hydrogens is 921 g/mol. The van der Waals surface area contributed by atoms with Gasteiger partial charge in [-0.15, -0.1) is 0 Å². The van der Waals surface area contributed by atoms with Crippen LogP contribution in [0.5, 0.6) is 0 Å². The summed E-state index contributed by atoms with van der Waals surface area (Å²) in [4.78, 5) is 69.7. The van der Waals surface area contributed by atoms with E-state index in [0.29, 0.717) is 120 Å². The quantitative estimate of drug-likeness (QED) is 0.0342. The third kappa shape index (κ3) is 15.6. The number of anilines is 5. The van der Waals surface area contributed by atoms with Crippen LogP contribution in [0.3, 0.4) is 0 Å². The molecular formula is C53H70N10O9. The van der Waals surface area contributed by atoms with Crippen LogP contribution in [0, 0.1) is 20.8 Å². The Morgan fingerprint density at radius 2 is 1.33 bits per heavy atom. The highest BCUT2D eigenvalue weighted by molar-refractivity contribution is 6.05. The Labute approximate surface area is 421 Å². The monoisotopic (exact) mass is 991 g/mol. The van der Waals surface area contributed by atoms with Crippen LogP contribution in [0.1, 0.15) is 76.1 Å². The molecule has 7 rings (SSSR count). The number of carbonyl (C=O) groups excluding carboxylic acids is 3. The standard InChI is InChI=1S/C53H70N10O9/c1-37-9-11-41(12-10-37)58-51(66)45-15-13-42(33-38(45)2)54-17-23-68-25-27-70-29-31-72-32-30-71-28-26-69-24-18-55-48(65)36-61-19-21-62(22-20-61)44-14-16-47(56-34-44)59-53-57-35-46-39(3)49(40(4)64)52(67)63(50(46)60-53)43-7-5-6-8-43/h9-16,33-35,43,54H,5-8,17-32,36H2,1-4H3,(H,55,65)(H,58,66)(H,56,57,59,60). The number of piperazine rings is 1. The summed E-state index contributed by atoms with van der Waals surface area (Å²) in [5.74, 6) is 0.475. The molecule has 2 aromatic carbocycles. The van der Waals surface area contributed by atoms with Gasteiger partial charge in [0.25, 0.3) is 11.5 Å². The zero-order valence-electron chi connectivity index (χ0n) is 42.1. The van der Waals surface area contributed by atoms with Crippen molar-refractivity contribution in [2.45, 2.75) is 59.4 Å². The molecule has 72 heavy (non-hydrogen) atoms. The third-order valence-corrected chi connectivity index (χ3v) is 12.8. The molecule has 0 bridgehead atoms. The van der Waals surface area contributed by atoms with Crippen molar-refractivity contribution < 1.29 is 38.1 Å². The molecule has 0 spiro atoms. The van der Waals surface area contributed by atoms with Crippen molar-refractivity contribution in [2.24, 2.45) is 0 Å². The van der Waals surface area contributed by atoms with Crippen LogP contribution in [0.4, 0.5) is 28.8 Å². The predicted molar refractivity (Wildman–Crippen MR) is 278 cm³/mol. The van der Waals surface area contributed by atoms with E-state index >= 15 is 0 Å². The molecule has 5 aromatic rings. The second kappa shape index (κ2) is 27.5. The summed E-state index contributed by atoms with van der Waals surface area (Å²) in [6.45, 7) is 16.1. The number of benzene rings is 2. The highest BCUT2D eigenvalue weighted by atomic mass is 16.6. The van der Waals surface area contributed by atoms with Gasteiger partial charge in [-0.1, -0.05) is 30.5 Å². The lowest BCUT2D eigenvalue weighted by atomic mass is 10.0. The number of nitrogens with one attached hydrogen (secondary N) is 4. The molecule has 1 aliphatic carbocycles. The molecule has 19 heteroatoms. The van der Waals surface area contributed by atoms with Crippen molar-refractivity contribution in [1.29, 1.82) is 0 Å². The minimum Gasteiger partial charge on any atom is -0.383 e. The molecule has 386 valence electrons. The molecule has 1 aliphatic heterocycles. The Kier molecular flexibility index (Phi) is 20.4. The van der Waals surface area contributed by atoms with Crippen molar-refractivity contribution in [3.8, 4) is 0 Å². The second-order valence-electron chi connectivity index (χ2n) is 18.1. The summed E-state index contributed by atoms with van der Waals surface area (Å²) in [6.07, 6.45) is 7.30. The molecule has 1 saturated heterocycles. The molecule has 0 atom stereocenters. The summed E-state index contributed by atoms with van der Waals surface area (Å²) in [7, 11) is 0. The fourth-order valence-electron chi connectivity index (χ4n) is 8.87. The van der Waals surface area contributed by atoms with Crippen molar-refractivity contribution in [3.63, 3.8) is 0 Å². The van der Waals surface area contributed by atoms with Crippen LogP contribution in [0.15, 0.2) is 71.8 Å². The fourth-order valence-corrected chi connectivity index (χ4v) is 8.87. The minimum absolute atomic E-state index is 0.000180. The molecule has 4 N–H and O–H groups in total. The van der Waals surface area contributed by atoms with Gasteiger partial charge in [0.05, 0.1) is 90.1 Å². The molecule has 2 fully saturated rings. The lowest BCUT2D eigenvalue weighted by Gasteiger charge is -2.35. The van der Waals surface area contributed by atoms with Crippen LogP contribution >= 0.6 is 0 Å². The van der Waals surface area contributed by atoms with Gasteiger partial charge in [-0.2, -0.15) is 4.98 Å². The summed E-state index contributed by atoms with van der Waals surface area (Å²) >= 11 is 0. The Morgan fingerprint density at radius 1 is 0.708 bits per heavy atom. The fraction of sp³-hybridized carbons (Fsp3) is 0.491. The first kappa shape index (κ1) is 53.4. The minimum atomic E-state index is -0.283. The smallest absolute Gasteiger partial charge is 0.263 e. The second-order valence-corrected chi connectivity index (χ2v) is 18.1. The lowest BCUT2D eigenvalue weighted by molar-refractivity contribution is -0.122. The number of aryl methyl sites for hydroxylation is 3. The molecule has 2 aliphatic rings. The van der Waals surface area contributed by atoms with Crippen LogP contribution in [-0.2, 0) is 28.5 Å². The molecule has 1 saturated carbocycles. The topological polar surface area (TPSA) is 213 Å². The molecule has 4 heterocycles. The number of aromatic nitrogens is 4. The number of nitrogens with zero attached hydrogens (tertiary/aromatic N) is 6. The van der Waals surface area contributed by atoms with E-state index in [1.54, 1.807) is 17.7 Å². The van der Waals surface area contributed by atoms with Crippen molar-refractivity contribution in [3.05, 3.63) is 105 Å². The van der Waals surface area contributed by atoms with Gasteiger partial charge >= 0.3 is 0 Å². The van der Waals surface area contributed by atoms with E-state index in [1.165, 1.54) is 6.92 Å². The van der Waals surface area contributed by atoms with Gasteiger partial charge < -0.3 is 49.9 Å². The molecule has 3 aromatic heterocycles. The van der Waals surface area contributed by atoms with Gasteiger partial charge in [-0.25, -0.2) is 9.97 Å². The maximum absolute atomic E-state index is 13.6. The maximum atomic E-state index is 13.6. The van der Waals surface area contributed by atoms with Gasteiger partial charge in [0, 0.05) is 73.8 Å². The van der Waals surface area contributed by atoms with Gasteiger partial charge in [-0.05, 0) is 94.1 Å². The van der Waals surface area contributed by atoms with E-state index in [4.69, 9.17) is 28.7 Å². The van der Waals surface area contributed by atoms with E-state index in [2.05, 4.69) is 41.0 Å². The van der Waals surface area contributed by atoms with E-state index in [1.807, 2.05) is 74.6 Å². The number of amides is 2. The molecule has 0 radical (unpaired) electrons. The van der Waals surface area contributed by atoms with Crippen LogP contribution in [-0.4, -0.2) is 154 Å². The van der Waals surface area contributed by atoms with E-state index < -0.39 is 0 Å². The summed E-state index contributed by atoms with van der Waals surface area (Å²) < 4.78 is 29.7. The molecule has 2 amide bonds. The SMILES string of the molecule is CC(=O)c1c(C)c2cnc(Nc3ccc(N4CCN(CC(=O)NCCOCCOCCOCCOCCOCCNc5ccc(C(=O)Nc6ccc(C)cc6)c(C)c5)CC4)cn3)nc2n(C2CCCC2)c1=O. The van der Waals surface area contributed by atoms with Crippen molar-refractivity contribution in [1.82, 2.24) is 29.7 Å². The number of Topliss-reactive ketones (excluding diaryl/α,β-unsaturated/α-hetero) is 1. The van der Waals surface area contributed by atoms with E-state index in [-0.39, 0.29) is 34.8 Å². The first-order chi connectivity index (χ1) is 35.0. The normalized spacial score (nSPS) is 14.2. The number of pyridine rings is 2. The van der Waals surface area contributed by atoms with Gasteiger partial charge in [0.2, 0.25) is 11.9 Å². The van der Waals surface area contributed by atoms with Crippen LogP contribution < -0.4 is 31.7 Å². The average Bonchev–Trinajstić information content (AvgIpc) is 3.90. The number of rotatable bonds is 28. The largest absolute Gasteiger partial charge is 0.383 e. The Hall–Kier alpha value is -6.35. The number of ether oxygens (including phenoxy) is 5. The van der Waals surface area contributed by atoms with Crippen molar-refractivity contribution in [2.75, 3.05) is 133 Å². The van der Waals surface area contributed by atoms with E-state index in [9.17, 15) is 19.2 Å². The average molecular weight is 991 g/mol. The number of hydrogen-bond donors (Lipinski definition) is 4. The zero-order chi connectivity index (χ0) is 50.7. The van der Waals surface area contributed by atoms with E-state index in [0.717, 1.165) is 80.1 Å². The number of ketones is 1. The lowest BCUT2D eigenvalue weighted by Crippen LogP contribution is -2.49. The van der Waals surface area contributed by atoms with Gasteiger partial charge in [0.15, 0.2) is 5.78 Å². The van der Waals surface area contributed by atoms with Gasteiger partial charge in [-0.3, -0.25) is 28.6 Å². The number of carbonyl (C=O) groups is 3. The predicted octanol–water partition coefficient (Wildman–Crippen LogP) is 5.86. The highest BCUT2D eigenvalue weighted by Crippen LogP contribution is 2.32. The highest BCUT2D eigenvalue weighted by Gasteiger charge is 2.26. The maximum Gasteiger partial charge on any atom is 0.263 e. The van der Waals surface area contributed by atoms with Gasteiger partial charge in [0.1, 0.15) is 11.5 Å².